The molecular formula is C16H19NO3. The van der Waals surface area contributed by atoms with Gasteiger partial charge in [0.2, 0.25) is 5.91 Å². The number of aliphatic carboxylic acids is 1. The molecule has 0 spiro atoms. The first-order valence-electron chi connectivity index (χ1n) is 6.74. The summed E-state index contributed by atoms with van der Waals surface area (Å²) in [5.41, 5.74) is -0.0144. The Bertz CT molecular complexity index is 524. The van der Waals surface area contributed by atoms with Crippen molar-refractivity contribution in [3.63, 3.8) is 0 Å². The summed E-state index contributed by atoms with van der Waals surface area (Å²) in [4.78, 5) is 23.7. The maximum absolute atomic E-state index is 12.3. The third-order valence-electron chi connectivity index (χ3n) is 3.96. The van der Waals surface area contributed by atoms with Gasteiger partial charge < -0.3 is 10.4 Å². The Morgan fingerprint density at radius 3 is 2.65 bits per heavy atom. The van der Waals surface area contributed by atoms with Gasteiger partial charge in [-0.2, -0.15) is 0 Å². The van der Waals surface area contributed by atoms with Gasteiger partial charge in [-0.15, -0.1) is 0 Å². The molecule has 4 nitrogen and oxygen atoms in total. The van der Waals surface area contributed by atoms with Crippen LogP contribution in [-0.4, -0.2) is 17.0 Å². The van der Waals surface area contributed by atoms with Gasteiger partial charge in [0.15, 0.2) is 0 Å². The maximum atomic E-state index is 12.3. The molecule has 2 N–H and O–H groups in total. The zero-order valence-corrected chi connectivity index (χ0v) is 11.5. The van der Waals surface area contributed by atoms with Crippen LogP contribution in [0.15, 0.2) is 42.5 Å². The monoisotopic (exact) mass is 273 g/mol. The van der Waals surface area contributed by atoms with Crippen molar-refractivity contribution in [3.05, 3.63) is 48.0 Å². The molecule has 1 amide bonds. The minimum Gasteiger partial charge on any atom is -0.481 e. The molecule has 1 aliphatic rings. The molecule has 1 aliphatic carbocycles. The summed E-state index contributed by atoms with van der Waals surface area (Å²) in [7, 11) is 0. The van der Waals surface area contributed by atoms with E-state index in [-0.39, 0.29) is 5.91 Å². The molecule has 2 unspecified atom stereocenters. The molecule has 0 saturated carbocycles. The Morgan fingerprint density at radius 1 is 1.30 bits per heavy atom. The number of carboxylic acid groups (broad SMARTS) is 1. The lowest BCUT2D eigenvalue weighted by molar-refractivity contribution is -0.155. The third kappa shape index (κ3) is 2.90. The lowest BCUT2D eigenvalue weighted by Crippen LogP contribution is -2.45. The summed E-state index contributed by atoms with van der Waals surface area (Å²) in [5.74, 6) is -1.63. The Morgan fingerprint density at radius 2 is 2.00 bits per heavy atom. The largest absolute Gasteiger partial charge is 0.481 e. The highest BCUT2D eigenvalue weighted by Gasteiger charge is 2.45. The third-order valence-corrected chi connectivity index (χ3v) is 3.96. The smallest absolute Gasteiger partial charge is 0.310 e. The van der Waals surface area contributed by atoms with Gasteiger partial charge in [0.05, 0.1) is 11.3 Å². The molecule has 0 bridgehead atoms. The number of carbonyl (C=O) groups is 2. The lowest BCUT2D eigenvalue weighted by Gasteiger charge is -2.34. The number of hydrogen-bond donors (Lipinski definition) is 2. The molecule has 106 valence electrons. The van der Waals surface area contributed by atoms with Crippen molar-refractivity contribution >= 4 is 11.9 Å². The summed E-state index contributed by atoms with van der Waals surface area (Å²) < 4.78 is 0. The fourth-order valence-electron chi connectivity index (χ4n) is 2.50. The van der Waals surface area contributed by atoms with Crippen LogP contribution in [0, 0.1) is 11.3 Å². The van der Waals surface area contributed by atoms with Crippen LogP contribution in [0.1, 0.15) is 25.3 Å². The molecule has 0 heterocycles. The zero-order valence-electron chi connectivity index (χ0n) is 11.5. The average molecular weight is 273 g/mol. The van der Waals surface area contributed by atoms with Gasteiger partial charge in [0, 0.05) is 6.54 Å². The summed E-state index contributed by atoms with van der Waals surface area (Å²) in [6, 6.07) is 9.59. The minimum absolute atomic E-state index is 0.192. The standard InChI is InChI=1S/C16H19NO3/c1-16(15(19)20)10-6-5-9-13(16)14(18)17-11-12-7-3-2-4-8-12/h2-8,13H,9-11H2,1H3,(H,17,18)(H,19,20). The van der Waals surface area contributed by atoms with Crippen molar-refractivity contribution < 1.29 is 14.7 Å². The summed E-state index contributed by atoms with van der Waals surface area (Å²) >= 11 is 0. The Balaban J connectivity index is 2.04. The lowest BCUT2D eigenvalue weighted by atomic mass is 9.69. The first kappa shape index (κ1) is 14.3. The first-order chi connectivity index (χ1) is 9.54. The van der Waals surface area contributed by atoms with Crippen LogP contribution in [0.3, 0.4) is 0 Å². The second-order valence-electron chi connectivity index (χ2n) is 5.39. The van der Waals surface area contributed by atoms with E-state index in [0.29, 0.717) is 19.4 Å². The summed E-state index contributed by atoms with van der Waals surface area (Å²) in [6.07, 6.45) is 4.60. The molecule has 2 rings (SSSR count). The van der Waals surface area contributed by atoms with Crippen LogP contribution >= 0.6 is 0 Å². The van der Waals surface area contributed by atoms with E-state index in [4.69, 9.17) is 0 Å². The molecule has 0 aromatic heterocycles. The van der Waals surface area contributed by atoms with Crippen molar-refractivity contribution in [3.8, 4) is 0 Å². The van der Waals surface area contributed by atoms with Gasteiger partial charge in [-0.05, 0) is 25.3 Å². The van der Waals surface area contributed by atoms with Crippen LogP contribution in [-0.2, 0) is 16.1 Å². The van der Waals surface area contributed by atoms with Crippen molar-refractivity contribution in [2.24, 2.45) is 11.3 Å². The van der Waals surface area contributed by atoms with Crippen molar-refractivity contribution in [1.29, 1.82) is 0 Å². The molecular weight excluding hydrogens is 254 g/mol. The molecule has 1 aromatic carbocycles. The van der Waals surface area contributed by atoms with Crippen molar-refractivity contribution in [1.82, 2.24) is 5.32 Å². The molecule has 0 radical (unpaired) electrons. The molecule has 0 aliphatic heterocycles. The molecule has 4 heteroatoms. The second kappa shape index (κ2) is 5.90. The highest BCUT2D eigenvalue weighted by Crippen LogP contribution is 2.38. The van der Waals surface area contributed by atoms with E-state index in [1.807, 2.05) is 42.5 Å². The van der Waals surface area contributed by atoms with E-state index in [9.17, 15) is 14.7 Å². The Kier molecular flexibility index (Phi) is 4.23. The van der Waals surface area contributed by atoms with Crippen LogP contribution in [0.4, 0.5) is 0 Å². The van der Waals surface area contributed by atoms with E-state index in [1.54, 1.807) is 6.92 Å². The SMILES string of the molecule is CC1(C(=O)O)CC=CCC1C(=O)NCc1ccccc1. The zero-order chi connectivity index (χ0) is 14.6. The minimum atomic E-state index is -1.02. The van der Waals surface area contributed by atoms with Crippen LogP contribution in [0.5, 0.6) is 0 Å². The van der Waals surface area contributed by atoms with Crippen LogP contribution in [0.25, 0.3) is 0 Å². The number of rotatable bonds is 4. The number of carbonyl (C=O) groups excluding carboxylic acids is 1. The number of amides is 1. The van der Waals surface area contributed by atoms with Gasteiger partial charge >= 0.3 is 5.97 Å². The molecule has 2 atom stereocenters. The predicted molar refractivity (Wildman–Crippen MR) is 75.9 cm³/mol. The molecule has 20 heavy (non-hydrogen) atoms. The van der Waals surface area contributed by atoms with Crippen LogP contribution < -0.4 is 5.32 Å². The van der Waals surface area contributed by atoms with Gasteiger partial charge in [0.25, 0.3) is 0 Å². The molecule has 0 saturated heterocycles. The quantitative estimate of drug-likeness (QED) is 0.828. The van der Waals surface area contributed by atoms with Gasteiger partial charge in [-0.3, -0.25) is 9.59 Å². The number of benzene rings is 1. The summed E-state index contributed by atoms with van der Waals surface area (Å²) in [6.45, 7) is 2.07. The van der Waals surface area contributed by atoms with E-state index in [2.05, 4.69) is 5.32 Å². The van der Waals surface area contributed by atoms with Gasteiger partial charge in [-0.25, -0.2) is 0 Å². The molecule has 1 aromatic rings. The highest BCUT2D eigenvalue weighted by atomic mass is 16.4. The van der Waals surface area contributed by atoms with E-state index >= 15 is 0 Å². The summed E-state index contributed by atoms with van der Waals surface area (Å²) in [5, 5.41) is 12.2. The first-order valence-corrected chi connectivity index (χ1v) is 6.74. The van der Waals surface area contributed by atoms with Crippen molar-refractivity contribution in [2.75, 3.05) is 0 Å². The average Bonchev–Trinajstić information content (AvgIpc) is 2.46. The number of carboxylic acids is 1. The topological polar surface area (TPSA) is 66.4 Å². The number of nitrogens with one attached hydrogen (secondary N) is 1. The van der Waals surface area contributed by atoms with Gasteiger partial charge in [0.1, 0.15) is 0 Å². The van der Waals surface area contributed by atoms with E-state index in [1.165, 1.54) is 0 Å². The predicted octanol–water partition coefficient (Wildman–Crippen LogP) is 2.36. The van der Waals surface area contributed by atoms with E-state index < -0.39 is 17.3 Å². The Hall–Kier alpha value is -2.10. The maximum Gasteiger partial charge on any atom is 0.310 e. The molecule has 0 fully saturated rings. The second-order valence-corrected chi connectivity index (χ2v) is 5.39. The van der Waals surface area contributed by atoms with Crippen LogP contribution in [0.2, 0.25) is 0 Å². The van der Waals surface area contributed by atoms with Crippen molar-refractivity contribution in [2.45, 2.75) is 26.3 Å². The number of allylic oxidation sites excluding steroid dienone is 2. The Labute approximate surface area is 118 Å². The highest BCUT2D eigenvalue weighted by molar-refractivity contribution is 5.87. The number of hydrogen-bond acceptors (Lipinski definition) is 2. The normalized spacial score (nSPS) is 25.1. The van der Waals surface area contributed by atoms with E-state index in [0.717, 1.165) is 5.56 Å². The van der Waals surface area contributed by atoms with Gasteiger partial charge in [-0.1, -0.05) is 42.5 Å². The fourth-order valence-corrected chi connectivity index (χ4v) is 2.50. The fraction of sp³-hybridized carbons (Fsp3) is 0.375.